The highest BCUT2D eigenvalue weighted by Crippen LogP contribution is 2.18. The average Bonchev–Trinajstić information content (AvgIpc) is 3.33. The van der Waals surface area contributed by atoms with Crippen LogP contribution in [0.3, 0.4) is 0 Å². The standard InChI is InChI=1S/C61H117NO5/c1-3-5-7-9-11-13-15-17-18-19-20-21-22-23-24-25-26-27-28-29-30-31-32-33-34-35-36-37-38-39-40-41-43-45-47-49-51-53-55-59(65)61(67)62-57(56-63)60(66)58(64)54-52-50-48-46-44-42-16-14-12-10-8-6-4-2/h26-27,29-30,46,48,57-60,63-66H,3-25,28,31-45,47,49-56H2,1-2H3,(H,62,67)/b27-26-,30-29-,48-46+. The molecule has 396 valence electrons. The third-order valence-electron chi connectivity index (χ3n) is 14.1. The van der Waals surface area contributed by atoms with Crippen molar-refractivity contribution < 1.29 is 25.2 Å². The van der Waals surface area contributed by atoms with E-state index in [1.165, 1.54) is 244 Å². The first-order valence-corrected chi connectivity index (χ1v) is 29.9. The van der Waals surface area contributed by atoms with Crippen molar-refractivity contribution >= 4 is 5.91 Å². The van der Waals surface area contributed by atoms with Crippen LogP contribution in [0.25, 0.3) is 0 Å². The molecule has 0 spiro atoms. The number of aliphatic hydroxyl groups is 4. The number of aliphatic hydroxyl groups excluding tert-OH is 4. The zero-order chi connectivity index (χ0) is 48.8. The Morgan fingerprint density at radius 2 is 0.657 bits per heavy atom. The maximum Gasteiger partial charge on any atom is 0.249 e. The van der Waals surface area contributed by atoms with Crippen molar-refractivity contribution in [3.05, 3.63) is 36.5 Å². The number of unbranched alkanes of at least 4 members (excludes halogenated alkanes) is 40. The highest BCUT2D eigenvalue weighted by Gasteiger charge is 2.28. The normalized spacial score (nSPS) is 13.9. The van der Waals surface area contributed by atoms with Crippen molar-refractivity contribution in [3.63, 3.8) is 0 Å². The van der Waals surface area contributed by atoms with Crippen LogP contribution >= 0.6 is 0 Å². The number of rotatable bonds is 55. The summed E-state index contributed by atoms with van der Waals surface area (Å²) >= 11 is 0. The van der Waals surface area contributed by atoms with E-state index in [2.05, 4.69) is 55.6 Å². The van der Waals surface area contributed by atoms with Gasteiger partial charge >= 0.3 is 0 Å². The SMILES string of the molecule is CCCCCCCCCC/C=C/CCCC(O)C(O)C(CO)NC(=O)C(O)CCCCCCCCCCCCCCCCCC/C=C\C/C=C\CCCCCCCCCCCCCCCCC. The summed E-state index contributed by atoms with van der Waals surface area (Å²) in [6.45, 7) is 4.05. The van der Waals surface area contributed by atoms with E-state index in [0.29, 0.717) is 12.8 Å². The van der Waals surface area contributed by atoms with Crippen molar-refractivity contribution in [1.29, 1.82) is 0 Å². The van der Waals surface area contributed by atoms with Crippen LogP contribution in [-0.4, -0.2) is 57.3 Å². The summed E-state index contributed by atoms with van der Waals surface area (Å²) in [5.41, 5.74) is 0. The predicted molar refractivity (Wildman–Crippen MR) is 293 cm³/mol. The first-order valence-electron chi connectivity index (χ1n) is 29.9. The monoisotopic (exact) mass is 944 g/mol. The van der Waals surface area contributed by atoms with Crippen LogP contribution < -0.4 is 5.32 Å². The molecule has 5 N–H and O–H groups in total. The lowest BCUT2D eigenvalue weighted by Crippen LogP contribution is -2.53. The number of carbonyl (C=O) groups excluding carboxylic acids is 1. The lowest BCUT2D eigenvalue weighted by Gasteiger charge is -2.27. The van der Waals surface area contributed by atoms with E-state index in [9.17, 15) is 25.2 Å². The Labute approximate surface area is 417 Å². The minimum Gasteiger partial charge on any atom is -0.394 e. The number of hydrogen-bond donors (Lipinski definition) is 5. The van der Waals surface area contributed by atoms with E-state index in [1.807, 2.05) is 0 Å². The summed E-state index contributed by atoms with van der Waals surface area (Å²) in [6, 6.07) is -1.00. The minimum atomic E-state index is -1.28. The molecule has 4 unspecified atom stereocenters. The van der Waals surface area contributed by atoms with Crippen molar-refractivity contribution in [2.45, 2.75) is 340 Å². The van der Waals surface area contributed by atoms with Gasteiger partial charge in [0.15, 0.2) is 0 Å². The van der Waals surface area contributed by atoms with Gasteiger partial charge in [-0.05, 0) is 70.6 Å². The van der Waals surface area contributed by atoms with Gasteiger partial charge in [-0.3, -0.25) is 4.79 Å². The molecule has 0 radical (unpaired) electrons. The fraction of sp³-hybridized carbons (Fsp3) is 0.885. The van der Waals surface area contributed by atoms with E-state index < -0.39 is 36.9 Å². The molecule has 0 aliphatic heterocycles. The summed E-state index contributed by atoms with van der Waals surface area (Å²) < 4.78 is 0. The van der Waals surface area contributed by atoms with Gasteiger partial charge in [-0.15, -0.1) is 0 Å². The van der Waals surface area contributed by atoms with E-state index in [-0.39, 0.29) is 0 Å². The summed E-state index contributed by atoms with van der Waals surface area (Å²) in [5.74, 6) is -0.591. The Morgan fingerprint density at radius 1 is 0.373 bits per heavy atom. The third-order valence-corrected chi connectivity index (χ3v) is 14.1. The lowest BCUT2D eigenvalue weighted by atomic mass is 10.00. The van der Waals surface area contributed by atoms with Crippen molar-refractivity contribution in [2.75, 3.05) is 6.61 Å². The molecule has 0 heterocycles. The number of allylic oxidation sites excluding steroid dienone is 6. The Kier molecular flexibility index (Phi) is 54.2. The van der Waals surface area contributed by atoms with Crippen LogP contribution in [0.4, 0.5) is 0 Å². The summed E-state index contributed by atoms with van der Waals surface area (Å²) in [5, 5.41) is 43.8. The summed E-state index contributed by atoms with van der Waals surface area (Å²) in [4.78, 5) is 12.6. The van der Waals surface area contributed by atoms with Crippen LogP contribution in [0.5, 0.6) is 0 Å². The van der Waals surface area contributed by atoms with Crippen LogP contribution in [0, 0.1) is 0 Å². The van der Waals surface area contributed by atoms with Crippen molar-refractivity contribution in [3.8, 4) is 0 Å². The van der Waals surface area contributed by atoms with Gasteiger partial charge in [0.25, 0.3) is 0 Å². The lowest BCUT2D eigenvalue weighted by molar-refractivity contribution is -0.132. The smallest absolute Gasteiger partial charge is 0.249 e. The highest BCUT2D eigenvalue weighted by molar-refractivity contribution is 5.80. The van der Waals surface area contributed by atoms with E-state index >= 15 is 0 Å². The molecule has 0 fully saturated rings. The molecule has 0 aromatic carbocycles. The number of hydrogen-bond acceptors (Lipinski definition) is 5. The largest absolute Gasteiger partial charge is 0.394 e. The van der Waals surface area contributed by atoms with E-state index in [0.717, 1.165) is 44.9 Å². The first kappa shape index (κ1) is 65.5. The van der Waals surface area contributed by atoms with Gasteiger partial charge in [0.05, 0.1) is 18.8 Å². The molecule has 0 saturated carbocycles. The molecule has 0 aliphatic rings. The quantitative estimate of drug-likeness (QED) is 0.0308. The zero-order valence-electron chi connectivity index (χ0n) is 44.9. The van der Waals surface area contributed by atoms with Crippen LogP contribution in [0.1, 0.15) is 316 Å². The topological polar surface area (TPSA) is 110 Å². The molecule has 0 bridgehead atoms. The second-order valence-corrected chi connectivity index (χ2v) is 20.7. The number of carbonyl (C=O) groups is 1. The van der Waals surface area contributed by atoms with Gasteiger partial charge in [-0.1, -0.05) is 281 Å². The van der Waals surface area contributed by atoms with Crippen LogP contribution in [0.15, 0.2) is 36.5 Å². The number of amides is 1. The maximum atomic E-state index is 12.6. The predicted octanol–water partition coefficient (Wildman–Crippen LogP) is 17.6. The first-order chi connectivity index (χ1) is 33.0. The zero-order valence-corrected chi connectivity index (χ0v) is 44.9. The summed E-state index contributed by atoms with van der Waals surface area (Å²) in [6.07, 6.45) is 69.6. The van der Waals surface area contributed by atoms with Crippen LogP contribution in [-0.2, 0) is 4.79 Å². The Bertz CT molecular complexity index is 1060. The molecule has 4 atom stereocenters. The maximum absolute atomic E-state index is 12.6. The van der Waals surface area contributed by atoms with Crippen LogP contribution in [0.2, 0.25) is 0 Å². The van der Waals surface area contributed by atoms with Gasteiger partial charge in [-0.2, -0.15) is 0 Å². The van der Waals surface area contributed by atoms with Gasteiger partial charge in [0.1, 0.15) is 12.2 Å². The van der Waals surface area contributed by atoms with E-state index in [1.54, 1.807) is 0 Å². The molecule has 67 heavy (non-hydrogen) atoms. The Balaban J connectivity index is 3.53. The molecule has 0 aromatic rings. The van der Waals surface area contributed by atoms with Crippen molar-refractivity contribution in [2.24, 2.45) is 0 Å². The fourth-order valence-electron chi connectivity index (χ4n) is 9.38. The second kappa shape index (κ2) is 55.5. The van der Waals surface area contributed by atoms with Gasteiger partial charge in [-0.25, -0.2) is 0 Å². The Hall–Kier alpha value is -1.47. The minimum absolute atomic E-state index is 0.364. The van der Waals surface area contributed by atoms with Gasteiger partial charge < -0.3 is 25.7 Å². The molecule has 6 nitrogen and oxygen atoms in total. The van der Waals surface area contributed by atoms with E-state index in [4.69, 9.17) is 0 Å². The summed E-state index contributed by atoms with van der Waals surface area (Å²) in [7, 11) is 0. The molecule has 6 heteroatoms. The van der Waals surface area contributed by atoms with Gasteiger partial charge in [0.2, 0.25) is 5.91 Å². The van der Waals surface area contributed by atoms with Crippen molar-refractivity contribution in [1.82, 2.24) is 5.32 Å². The molecule has 0 rings (SSSR count). The molecule has 0 aliphatic carbocycles. The second-order valence-electron chi connectivity index (χ2n) is 20.7. The number of nitrogens with one attached hydrogen (secondary N) is 1. The third kappa shape index (κ3) is 49.3. The molecule has 1 amide bonds. The Morgan fingerprint density at radius 3 is 0.985 bits per heavy atom. The molecule has 0 aromatic heterocycles. The fourth-order valence-corrected chi connectivity index (χ4v) is 9.38. The molecule has 0 saturated heterocycles. The highest BCUT2D eigenvalue weighted by atomic mass is 16.3. The average molecular weight is 945 g/mol. The molecular weight excluding hydrogens is 827 g/mol. The van der Waals surface area contributed by atoms with Gasteiger partial charge in [0, 0.05) is 0 Å². The molecular formula is C61H117NO5.